The van der Waals surface area contributed by atoms with Gasteiger partial charge in [-0.3, -0.25) is 4.79 Å². The van der Waals surface area contributed by atoms with Gasteiger partial charge in [-0.25, -0.2) is 9.07 Å². The number of hydrogen-bond acceptors (Lipinski definition) is 3. The Hall–Kier alpha value is -3.38. The van der Waals surface area contributed by atoms with Crippen LogP contribution in [0.4, 0.5) is 4.39 Å². The maximum absolute atomic E-state index is 13.0. The van der Waals surface area contributed by atoms with Gasteiger partial charge in [0.15, 0.2) is 5.76 Å². The number of carbonyl (C=O) groups is 1. The smallest absolute Gasteiger partial charge is 0.270 e. The Morgan fingerprint density at radius 1 is 1.11 bits per heavy atom. The summed E-state index contributed by atoms with van der Waals surface area (Å²) in [6.07, 6.45) is 1.54. The van der Waals surface area contributed by atoms with E-state index in [1.807, 2.05) is 6.07 Å². The molecule has 140 valence electrons. The van der Waals surface area contributed by atoms with E-state index in [1.54, 1.807) is 54.8 Å². The summed E-state index contributed by atoms with van der Waals surface area (Å²) < 4.78 is 20.0. The second-order valence-corrected chi connectivity index (χ2v) is 6.53. The van der Waals surface area contributed by atoms with Crippen molar-refractivity contribution in [2.75, 3.05) is 0 Å². The largest absolute Gasteiger partial charge is 0.463 e. The van der Waals surface area contributed by atoms with Gasteiger partial charge in [-0.2, -0.15) is 5.10 Å². The fourth-order valence-corrected chi connectivity index (χ4v) is 2.95. The van der Waals surface area contributed by atoms with Crippen LogP contribution >= 0.6 is 11.6 Å². The van der Waals surface area contributed by atoms with Crippen LogP contribution in [-0.2, 0) is 6.54 Å². The number of furan rings is 1. The van der Waals surface area contributed by atoms with Crippen LogP contribution in [0.15, 0.2) is 77.4 Å². The third-order valence-electron chi connectivity index (χ3n) is 4.13. The fourth-order valence-electron chi connectivity index (χ4n) is 2.77. The van der Waals surface area contributed by atoms with E-state index in [0.29, 0.717) is 27.9 Å². The van der Waals surface area contributed by atoms with Gasteiger partial charge in [-0.15, -0.1) is 0 Å². The van der Waals surface area contributed by atoms with Gasteiger partial charge < -0.3 is 9.73 Å². The van der Waals surface area contributed by atoms with Gasteiger partial charge in [0.1, 0.15) is 17.2 Å². The monoisotopic (exact) mass is 395 g/mol. The van der Waals surface area contributed by atoms with Crippen molar-refractivity contribution < 1.29 is 13.6 Å². The van der Waals surface area contributed by atoms with Crippen LogP contribution in [0.3, 0.4) is 0 Å². The summed E-state index contributed by atoms with van der Waals surface area (Å²) in [5.74, 6) is -0.0971. The molecule has 1 N–H and O–H groups in total. The van der Waals surface area contributed by atoms with Crippen molar-refractivity contribution in [3.05, 3.63) is 95.1 Å². The summed E-state index contributed by atoms with van der Waals surface area (Å²) in [5.41, 5.74) is 2.29. The van der Waals surface area contributed by atoms with Gasteiger partial charge in [0.2, 0.25) is 0 Å². The molecule has 0 spiro atoms. The van der Waals surface area contributed by atoms with Crippen LogP contribution in [0, 0.1) is 5.82 Å². The molecular formula is C21H15ClFN3O2. The molecule has 0 radical (unpaired) electrons. The maximum atomic E-state index is 13.0. The molecule has 0 fully saturated rings. The Morgan fingerprint density at radius 3 is 2.64 bits per heavy atom. The summed E-state index contributed by atoms with van der Waals surface area (Å²) in [6.45, 7) is 0.260. The standard InChI is InChI=1S/C21H15ClFN3O2/c22-15-3-1-4-17(11-15)26-19(12-18(25-26)20-5-2-10-28-20)21(27)24-13-14-6-8-16(23)9-7-14/h1-12H,13H2,(H,24,27). The number of carbonyl (C=O) groups excluding carboxylic acids is 1. The molecular weight excluding hydrogens is 381 g/mol. The van der Waals surface area contributed by atoms with Crippen LogP contribution in [0.25, 0.3) is 17.1 Å². The third-order valence-corrected chi connectivity index (χ3v) is 4.37. The molecule has 2 aromatic heterocycles. The zero-order chi connectivity index (χ0) is 19.5. The molecule has 4 aromatic rings. The highest BCUT2D eigenvalue weighted by molar-refractivity contribution is 6.30. The average molecular weight is 396 g/mol. The third kappa shape index (κ3) is 3.82. The predicted molar refractivity (Wildman–Crippen MR) is 104 cm³/mol. The van der Waals surface area contributed by atoms with Crippen molar-refractivity contribution in [2.45, 2.75) is 6.54 Å². The van der Waals surface area contributed by atoms with Crippen LogP contribution in [0.5, 0.6) is 0 Å². The fraction of sp³-hybridized carbons (Fsp3) is 0.0476. The van der Waals surface area contributed by atoms with Crippen molar-refractivity contribution in [1.82, 2.24) is 15.1 Å². The number of amides is 1. The van der Waals surface area contributed by atoms with Crippen LogP contribution in [-0.4, -0.2) is 15.7 Å². The number of halogens is 2. The van der Waals surface area contributed by atoms with Gasteiger partial charge in [-0.1, -0.05) is 29.8 Å². The van der Waals surface area contributed by atoms with Gasteiger partial charge in [0.25, 0.3) is 5.91 Å². The lowest BCUT2D eigenvalue weighted by molar-refractivity contribution is 0.0943. The summed E-state index contributed by atoms with van der Waals surface area (Å²) in [5, 5.41) is 7.87. The molecule has 2 heterocycles. The van der Waals surface area contributed by atoms with E-state index in [-0.39, 0.29) is 18.3 Å². The van der Waals surface area contributed by atoms with E-state index in [2.05, 4.69) is 10.4 Å². The van der Waals surface area contributed by atoms with Gasteiger partial charge in [0, 0.05) is 17.6 Å². The molecule has 2 aromatic carbocycles. The van der Waals surface area contributed by atoms with E-state index in [1.165, 1.54) is 16.8 Å². The lowest BCUT2D eigenvalue weighted by Crippen LogP contribution is -2.25. The quantitative estimate of drug-likeness (QED) is 0.525. The van der Waals surface area contributed by atoms with E-state index >= 15 is 0 Å². The number of nitrogens with one attached hydrogen (secondary N) is 1. The molecule has 0 aliphatic carbocycles. The highest BCUT2D eigenvalue weighted by Crippen LogP contribution is 2.23. The van der Waals surface area contributed by atoms with Crippen LogP contribution in [0.1, 0.15) is 16.1 Å². The molecule has 7 heteroatoms. The van der Waals surface area contributed by atoms with Crippen LogP contribution in [0.2, 0.25) is 5.02 Å². The molecule has 5 nitrogen and oxygen atoms in total. The summed E-state index contributed by atoms with van der Waals surface area (Å²) in [6, 6.07) is 18.2. The highest BCUT2D eigenvalue weighted by Gasteiger charge is 2.19. The number of aromatic nitrogens is 2. The first-order valence-electron chi connectivity index (χ1n) is 8.53. The Balaban J connectivity index is 1.66. The summed E-state index contributed by atoms with van der Waals surface area (Å²) in [4.78, 5) is 12.8. The maximum Gasteiger partial charge on any atom is 0.270 e. The SMILES string of the molecule is O=C(NCc1ccc(F)cc1)c1cc(-c2ccco2)nn1-c1cccc(Cl)c1. The minimum absolute atomic E-state index is 0.260. The molecule has 0 aliphatic heterocycles. The molecule has 28 heavy (non-hydrogen) atoms. The second-order valence-electron chi connectivity index (χ2n) is 6.09. The average Bonchev–Trinajstić information content (AvgIpc) is 3.37. The predicted octanol–water partition coefficient (Wildman–Crippen LogP) is 4.85. The van der Waals surface area contributed by atoms with E-state index in [4.69, 9.17) is 16.0 Å². The van der Waals surface area contributed by atoms with Crippen LogP contribution < -0.4 is 5.32 Å². The van der Waals surface area contributed by atoms with E-state index in [0.717, 1.165) is 5.56 Å². The minimum Gasteiger partial charge on any atom is -0.463 e. The molecule has 0 aliphatic rings. The lowest BCUT2D eigenvalue weighted by atomic mass is 10.2. The van der Waals surface area contributed by atoms with Crippen molar-refractivity contribution in [3.8, 4) is 17.1 Å². The van der Waals surface area contributed by atoms with Crippen molar-refractivity contribution >= 4 is 17.5 Å². The topological polar surface area (TPSA) is 60.1 Å². The van der Waals surface area contributed by atoms with Gasteiger partial charge >= 0.3 is 0 Å². The Morgan fingerprint density at radius 2 is 1.93 bits per heavy atom. The highest BCUT2D eigenvalue weighted by atomic mass is 35.5. The molecule has 0 saturated heterocycles. The van der Waals surface area contributed by atoms with Crippen molar-refractivity contribution in [1.29, 1.82) is 0 Å². The van der Waals surface area contributed by atoms with Crippen molar-refractivity contribution in [2.24, 2.45) is 0 Å². The molecule has 0 atom stereocenters. The Labute approximate surface area is 165 Å². The molecule has 0 saturated carbocycles. The molecule has 0 unspecified atom stereocenters. The summed E-state index contributed by atoms with van der Waals surface area (Å²) in [7, 11) is 0. The summed E-state index contributed by atoms with van der Waals surface area (Å²) >= 11 is 6.10. The van der Waals surface area contributed by atoms with Gasteiger partial charge in [-0.05, 0) is 48.0 Å². The van der Waals surface area contributed by atoms with E-state index in [9.17, 15) is 9.18 Å². The first-order chi connectivity index (χ1) is 13.6. The zero-order valence-electron chi connectivity index (χ0n) is 14.6. The first kappa shape index (κ1) is 18.0. The number of rotatable bonds is 5. The zero-order valence-corrected chi connectivity index (χ0v) is 15.4. The number of hydrogen-bond donors (Lipinski definition) is 1. The minimum atomic E-state index is -0.324. The van der Waals surface area contributed by atoms with Crippen molar-refractivity contribution in [3.63, 3.8) is 0 Å². The van der Waals surface area contributed by atoms with E-state index < -0.39 is 0 Å². The second kappa shape index (κ2) is 7.70. The Kier molecular flexibility index (Phi) is 4.95. The molecule has 1 amide bonds. The normalized spacial score (nSPS) is 10.8. The lowest BCUT2D eigenvalue weighted by Gasteiger charge is -2.09. The molecule has 0 bridgehead atoms. The Bertz CT molecular complexity index is 1110. The number of nitrogens with zero attached hydrogens (tertiary/aromatic N) is 2. The number of benzene rings is 2. The molecule has 4 rings (SSSR count). The van der Waals surface area contributed by atoms with Gasteiger partial charge in [0.05, 0.1) is 12.0 Å². The first-order valence-corrected chi connectivity index (χ1v) is 8.90.